The number of phenols is 1. The molecule has 1 saturated carbocycles. The third kappa shape index (κ3) is 5.68. The molecule has 2 aliphatic rings. The van der Waals surface area contributed by atoms with Gasteiger partial charge in [-0.1, -0.05) is 38.2 Å². The van der Waals surface area contributed by atoms with Crippen molar-refractivity contribution in [2.24, 2.45) is 5.92 Å². The van der Waals surface area contributed by atoms with Crippen LogP contribution in [-0.2, 0) is 17.8 Å². The lowest BCUT2D eigenvalue weighted by molar-refractivity contribution is -0.109. The summed E-state index contributed by atoms with van der Waals surface area (Å²) in [5.74, 6) is 1.25. The molecular weight excluding hydrogens is 276 g/mol. The van der Waals surface area contributed by atoms with E-state index in [2.05, 4.69) is 10.6 Å². The van der Waals surface area contributed by atoms with E-state index in [1.807, 2.05) is 12.1 Å². The largest absolute Gasteiger partial charge is 0.508 e. The average Bonchev–Trinajstić information content (AvgIpc) is 2.57. The van der Waals surface area contributed by atoms with Gasteiger partial charge in [0.2, 0.25) is 6.41 Å². The molecule has 0 saturated heterocycles. The maximum Gasteiger partial charge on any atom is 0.207 e. The third-order valence-electron chi connectivity index (χ3n) is 4.58. The van der Waals surface area contributed by atoms with E-state index in [1.54, 1.807) is 6.07 Å². The maximum atomic E-state index is 9.94. The minimum atomic E-state index is 0.368. The lowest BCUT2D eigenvalue weighted by atomic mass is 9.87. The van der Waals surface area contributed by atoms with Crippen LogP contribution in [0, 0.1) is 5.92 Å². The molecule has 1 aliphatic carbocycles. The Balaban J connectivity index is 0.000000160. The topological polar surface area (TPSA) is 61.4 Å². The summed E-state index contributed by atoms with van der Waals surface area (Å²) in [5.41, 5.74) is 2.60. The second-order valence-corrected chi connectivity index (χ2v) is 6.24. The number of hydrogen-bond donors (Lipinski definition) is 3. The summed E-state index contributed by atoms with van der Waals surface area (Å²) in [5, 5.41) is 15.1. The van der Waals surface area contributed by atoms with Crippen LogP contribution < -0.4 is 10.6 Å². The van der Waals surface area contributed by atoms with E-state index in [0.717, 1.165) is 38.4 Å². The Morgan fingerprint density at radius 1 is 1.23 bits per heavy atom. The van der Waals surface area contributed by atoms with Crippen molar-refractivity contribution >= 4 is 6.41 Å². The molecule has 1 aliphatic heterocycles. The van der Waals surface area contributed by atoms with Crippen LogP contribution in [0.1, 0.15) is 49.7 Å². The first-order chi connectivity index (χ1) is 10.8. The summed E-state index contributed by atoms with van der Waals surface area (Å²) in [4.78, 5) is 9.94. The Kier molecular flexibility index (Phi) is 7.23. The van der Waals surface area contributed by atoms with Crippen molar-refractivity contribution in [1.82, 2.24) is 10.6 Å². The molecule has 3 rings (SSSR count). The zero-order valence-corrected chi connectivity index (χ0v) is 13.3. The summed E-state index contributed by atoms with van der Waals surface area (Å²) in [6.45, 7) is 2.82. The van der Waals surface area contributed by atoms with Gasteiger partial charge in [-0.05, 0) is 48.6 Å². The highest BCUT2D eigenvalue weighted by atomic mass is 16.3. The van der Waals surface area contributed by atoms with Gasteiger partial charge < -0.3 is 15.7 Å². The quantitative estimate of drug-likeness (QED) is 0.592. The van der Waals surface area contributed by atoms with E-state index in [0.29, 0.717) is 5.75 Å². The summed E-state index contributed by atoms with van der Waals surface area (Å²) < 4.78 is 0. The molecule has 22 heavy (non-hydrogen) atoms. The van der Waals surface area contributed by atoms with Crippen molar-refractivity contribution in [2.45, 2.75) is 51.5 Å². The normalized spacial score (nSPS) is 17.8. The van der Waals surface area contributed by atoms with Gasteiger partial charge in [-0.15, -0.1) is 0 Å². The number of phenolic OH excluding ortho intramolecular Hbond substituents is 1. The van der Waals surface area contributed by atoms with Gasteiger partial charge >= 0.3 is 0 Å². The Morgan fingerprint density at radius 3 is 2.82 bits per heavy atom. The molecule has 0 atom stereocenters. The second-order valence-electron chi connectivity index (χ2n) is 6.24. The van der Waals surface area contributed by atoms with Crippen LogP contribution in [-0.4, -0.2) is 24.6 Å². The number of carbonyl (C=O) groups is 1. The predicted octanol–water partition coefficient (Wildman–Crippen LogP) is 2.74. The highest BCUT2D eigenvalue weighted by Gasteiger charge is 2.12. The predicted molar refractivity (Wildman–Crippen MR) is 88.8 cm³/mol. The molecular formula is C18H28N2O2. The number of benzene rings is 1. The second kappa shape index (κ2) is 9.46. The molecule has 1 aromatic rings. The van der Waals surface area contributed by atoms with E-state index < -0.39 is 0 Å². The lowest BCUT2D eigenvalue weighted by Crippen LogP contribution is -2.23. The molecule has 0 spiro atoms. The summed E-state index contributed by atoms with van der Waals surface area (Å²) in [7, 11) is 0. The Bertz CT molecular complexity index is 456. The molecule has 0 radical (unpaired) electrons. The van der Waals surface area contributed by atoms with Gasteiger partial charge in [0.15, 0.2) is 0 Å². The van der Waals surface area contributed by atoms with Gasteiger partial charge in [0, 0.05) is 13.1 Å². The smallest absolute Gasteiger partial charge is 0.207 e. The molecule has 1 amide bonds. The number of hydrogen-bond acceptors (Lipinski definition) is 3. The zero-order valence-electron chi connectivity index (χ0n) is 13.3. The van der Waals surface area contributed by atoms with Gasteiger partial charge in [0.25, 0.3) is 0 Å². The summed E-state index contributed by atoms with van der Waals surface area (Å²) in [6, 6.07) is 5.59. The monoisotopic (exact) mass is 304 g/mol. The van der Waals surface area contributed by atoms with Crippen LogP contribution >= 0.6 is 0 Å². The van der Waals surface area contributed by atoms with E-state index in [4.69, 9.17) is 5.11 Å². The van der Waals surface area contributed by atoms with Crippen molar-refractivity contribution < 1.29 is 9.90 Å². The first-order valence-corrected chi connectivity index (χ1v) is 8.48. The highest BCUT2D eigenvalue weighted by Crippen LogP contribution is 2.25. The molecule has 3 N–H and O–H groups in total. The average molecular weight is 304 g/mol. The number of aromatic hydroxyl groups is 1. The van der Waals surface area contributed by atoms with Crippen LogP contribution in [0.15, 0.2) is 18.2 Å². The fourth-order valence-corrected chi connectivity index (χ4v) is 3.29. The third-order valence-corrected chi connectivity index (χ3v) is 4.58. The Hall–Kier alpha value is -1.55. The van der Waals surface area contributed by atoms with Crippen molar-refractivity contribution in [3.05, 3.63) is 29.3 Å². The number of carbonyl (C=O) groups excluding carboxylic acids is 1. The van der Waals surface area contributed by atoms with Gasteiger partial charge in [-0.2, -0.15) is 0 Å². The molecule has 1 heterocycles. The van der Waals surface area contributed by atoms with E-state index in [1.165, 1.54) is 49.7 Å². The van der Waals surface area contributed by atoms with Crippen molar-refractivity contribution in [2.75, 3.05) is 13.1 Å². The van der Waals surface area contributed by atoms with Gasteiger partial charge in [-0.25, -0.2) is 0 Å². The summed E-state index contributed by atoms with van der Waals surface area (Å²) in [6.07, 6.45) is 10.0. The highest BCUT2D eigenvalue weighted by molar-refractivity contribution is 5.45. The first kappa shape index (κ1) is 16.8. The molecule has 4 nitrogen and oxygen atoms in total. The van der Waals surface area contributed by atoms with E-state index in [-0.39, 0.29) is 0 Å². The molecule has 122 valence electrons. The van der Waals surface area contributed by atoms with Gasteiger partial charge in [-0.3, -0.25) is 4.79 Å². The molecule has 4 heteroatoms. The molecule has 1 fully saturated rings. The number of nitrogens with one attached hydrogen (secondary N) is 2. The van der Waals surface area contributed by atoms with Gasteiger partial charge in [0.05, 0.1) is 0 Å². The molecule has 0 aromatic heterocycles. The lowest BCUT2D eigenvalue weighted by Gasteiger charge is -2.20. The van der Waals surface area contributed by atoms with Crippen LogP contribution in [0.4, 0.5) is 0 Å². The minimum Gasteiger partial charge on any atom is -0.508 e. The standard InChI is InChI=1S/C9H11NO.C9H17NO/c11-9-2-1-7-3-4-10-6-8(7)5-9;11-8-10-7-6-9-4-2-1-3-5-9/h1-2,5,10-11H,3-4,6H2;8-9H,1-7H2,(H,10,11). The fourth-order valence-electron chi connectivity index (χ4n) is 3.29. The van der Waals surface area contributed by atoms with Crippen LogP contribution in [0.3, 0.4) is 0 Å². The van der Waals surface area contributed by atoms with Gasteiger partial charge in [0.1, 0.15) is 5.75 Å². The van der Waals surface area contributed by atoms with Crippen molar-refractivity contribution in [3.63, 3.8) is 0 Å². The number of fused-ring (bicyclic) bond motifs is 1. The maximum absolute atomic E-state index is 9.94. The van der Waals surface area contributed by atoms with E-state index in [9.17, 15) is 4.79 Å². The Morgan fingerprint density at radius 2 is 2.05 bits per heavy atom. The van der Waals surface area contributed by atoms with Crippen molar-refractivity contribution in [1.29, 1.82) is 0 Å². The Labute approximate surface area is 133 Å². The number of amides is 1. The minimum absolute atomic E-state index is 0.368. The van der Waals surface area contributed by atoms with Crippen LogP contribution in [0.2, 0.25) is 0 Å². The van der Waals surface area contributed by atoms with Crippen molar-refractivity contribution in [3.8, 4) is 5.75 Å². The molecule has 0 bridgehead atoms. The van der Waals surface area contributed by atoms with Crippen LogP contribution in [0.5, 0.6) is 5.75 Å². The fraction of sp³-hybridized carbons (Fsp3) is 0.611. The summed E-state index contributed by atoms with van der Waals surface area (Å²) >= 11 is 0. The molecule has 0 unspecified atom stereocenters. The first-order valence-electron chi connectivity index (χ1n) is 8.48. The SMILES string of the molecule is O=CNCCC1CCCCC1.Oc1ccc2c(c1)CNCC2. The van der Waals surface area contributed by atoms with E-state index >= 15 is 0 Å². The molecule has 1 aromatic carbocycles. The van der Waals surface area contributed by atoms with Crippen LogP contribution in [0.25, 0.3) is 0 Å². The zero-order chi connectivity index (χ0) is 15.6. The number of rotatable bonds is 4.